The standard InChI is InChI=1S/C9H6BrNO2/c10-7-2-1-5(4-12)8-6(7)3-11-9(8)13/h1-2,4H,3H2,(H,11,13). The molecule has 1 aliphatic heterocycles. The fourth-order valence-corrected chi connectivity index (χ4v) is 1.91. The number of aldehydes is 1. The molecule has 13 heavy (non-hydrogen) atoms. The molecule has 1 amide bonds. The number of carbonyl (C=O) groups is 2. The number of halogens is 1. The van der Waals surface area contributed by atoms with Gasteiger partial charge in [0.15, 0.2) is 6.29 Å². The Labute approximate surface area is 83.3 Å². The predicted molar refractivity (Wildman–Crippen MR) is 50.7 cm³/mol. The molecule has 0 radical (unpaired) electrons. The van der Waals surface area contributed by atoms with Crippen molar-refractivity contribution in [2.45, 2.75) is 6.54 Å². The third kappa shape index (κ3) is 1.18. The van der Waals surface area contributed by atoms with Crippen LogP contribution in [0.4, 0.5) is 0 Å². The molecule has 1 aromatic carbocycles. The molecule has 1 aliphatic rings. The minimum atomic E-state index is -0.168. The first-order valence-electron chi connectivity index (χ1n) is 3.79. The second-order valence-electron chi connectivity index (χ2n) is 2.79. The van der Waals surface area contributed by atoms with Crippen LogP contribution in [0.2, 0.25) is 0 Å². The van der Waals surface area contributed by atoms with Crippen molar-refractivity contribution in [3.63, 3.8) is 0 Å². The molecule has 1 heterocycles. The highest BCUT2D eigenvalue weighted by Crippen LogP contribution is 2.26. The van der Waals surface area contributed by atoms with Crippen molar-refractivity contribution in [1.29, 1.82) is 0 Å². The molecule has 1 aromatic rings. The molecule has 0 bridgehead atoms. The number of hydrogen-bond acceptors (Lipinski definition) is 2. The maximum absolute atomic E-state index is 11.3. The second kappa shape index (κ2) is 2.96. The van der Waals surface area contributed by atoms with Gasteiger partial charge in [-0.15, -0.1) is 0 Å². The van der Waals surface area contributed by atoms with Gasteiger partial charge in [0, 0.05) is 16.6 Å². The average molecular weight is 240 g/mol. The third-order valence-corrected chi connectivity index (χ3v) is 2.81. The van der Waals surface area contributed by atoms with Crippen LogP contribution in [0.1, 0.15) is 26.3 Å². The van der Waals surface area contributed by atoms with Gasteiger partial charge in [0.25, 0.3) is 5.91 Å². The van der Waals surface area contributed by atoms with Gasteiger partial charge in [-0.2, -0.15) is 0 Å². The molecule has 2 rings (SSSR count). The molecule has 1 N–H and O–H groups in total. The topological polar surface area (TPSA) is 46.2 Å². The van der Waals surface area contributed by atoms with E-state index >= 15 is 0 Å². The van der Waals surface area contributed by atoms with Crippen LogP contribution < -0.4 is 5.32 Å². The molecule has 0 saturated heterocycles. The van der Waals surface area contributed by atoms with Crippen LogP contribution in [0.3, 0.4) is 0 Å². The van der Waals surface area contributed by atoms with E-state index in [1.165, 1.54) is 0 Å². The summed E-state index contributed by atoms with van der Waals surface area (Å²) >= 11 is 3.33. The zero-order valence-corrected chi connectivity index (χ0v) is 8.22. The van der Waals surface area contributed by atoms with Crippen molar-refractivity contribution >= 4 is 28.1 Å². The van der Waals surface area contributed by atoms with E-state index in [0.717, 1.165) is 10.0 Å². The van der Waals surface area contributed by atoms with Gasteiger partial charge in [0.05, 0.1) is 5.56 Å². The van der Waals surface area contributed by atoms with Gasteiger partial charge < -0.3 is 5.32 Å². The number of nitrogens with one attached hydrogen (secondary N) is 1. The Morgan fingerprint density at radius 2 is 2.23 bits per heavy atom. The maximum Gasteiger partial charge on any atom is 0.252 e. The van der Waals surface area contributed by atoms with Crippen molar-refractivity contribution in [3.05, 3.63) is 33.3 Å². The molecular weight excluding hydrogens is 234 g/mol. The van der Waals surface area contributed by atoms with Crippen molar-refractivity contribution < 1.29 is 9.59 Å². The van der Waals surface area contributed by atoms with Gasteiger partial charge >= 0.3 is 0 Å². The normalized spacial score (nSPS) is 13.8. The molecule has 0 unspecified atom stereocenters. The highest BCUT2D eigenvalue weighted by Gasteiger charge is 2.23. The number of hydrogen-bond donors (Lipinski definition) is 1. The van der Waals surface area contributed by atoms with E-state index in [9.17, 15) is 9.59 Å². The number of benzene rings is 1. The summed E-state index contributed by atoms with van der Waals surface area (Å²) in [5.74, 6) is -0.168. The molecule has 66 valence electrons. The van der Waals surface area contributed by atoms with Crippen molar-refractivity contribution in [3.8, 4) is 0 Å². The predicted octanol–water partition coefficient (Wildman–Crippen LogP) is 1.51. The van der Waals surface area contributed by atoms with E-state index in [2.05, 4.69) is 21.2 Å². The van der Waals surface area contributed by atoms with Crippen LogP contribution >= 0.6 is 15.9 Å². The molecule has 0 fully saturated rings. The van der Waals surface area contributed by atoms with E-state index in [0.29, 0.717) is 24.0 Å². The van der Waals surface area contributed by atoms with E-state index in [1.54, 1.807) is 12.1 Å². The minimum absolute atomic E-state index is 0.168. The van der Waals surface area contributed by atoms with Crippen LogP contribution in [0, 0.1) is 0 Å². The summed E-state index contributed by atoms with van der Waals surface area (Å²) in [5.41, 5.74) is 1.83. The summed E-state index contributed by atoms with van der Waals surface area (Å²) < 4.78 is 0.867. The molecule has 0 aliphatic carbocycles. The molecule has 0 aromatic heterocycles. The summed E-state index contributed by atoms with van der Waals surface area (Å²) in [4.78, 5) is 21.9. The van der Waals surface area contributed by atoms with Gasteiger partial charge in [-0.25, -0.2) is 0 Å². The lowest BCUT2D eigenvalue weighted by atomic mass is 10.0. The average Bonchev–Trinajstić information content (AvgIpc) is 2.51. The highest BCUT2D eigenvalue weighted by atomic mass is 79.9. The monoisotopic (exact) mass is 239 g/mol. The Kier molecular flexibility index (Phi) is 1.92. The number of rotatable bonds is 1. The van der Waals surface area contributed by atoms with E-state index in [-0.39, 0.29) is 5.91 Å². The van der Waals surface area contributed by atoms with Gasteiger partial charge in [0.2, 0.25) is 0 Å². The molecule has 0 saturated carbocycles. The fraction of sp³-hybridized carbons (Fsp3) is 0.111. The van der Waals surface area contributed by atoms with Crippen LogP contribution in [0.5, 0.6) is 0 Å². The van der Waals surface area contributed by atoms with Gasteiger partial charge in [-0.3, -0.25) is 9.59 Å². The first kappa shape index (κ1) is 8.44. The molecule has 3 nitrogen and oxygen atoms in total. The zero-order valence-electron chi connectivity index (χ0n) is 6.63. The number of carbonyl (C=O) groups excluding carboxylic acids is 2. The first-order chi connectivity index (χ1) is 6.24. The third-order valence-electron chi connectivity index (χ3n) is 2.07. The van der Waals surface area contributed by atoms with Crippen molar-refractivity contribution in [2.24, 2.45) is 0 Å². The summed E-state index contributed by atoms with van der Waals surface area (Å²) in [6.07, 6.45) is 0.705. The minimum Gasteiger partial charge on any atom is -0.348 e. The van der Waals surface area contributed by atoms with Crippen LogP contribution in [0.15, 0.2) is 16.6 Å². The highest BCUT2D eigenvalue weighted by molar-refractivity contribution is 9.10. The first-order valence-corrected chi connectivity index (χ1v) is 4.58. The Morgan fingerprint density at radius 1 is 1.46 bits per heavy atom. The molecule has 0 spiro atoms. The van der Waals surface area contributed by atoms with Crippen LogP contribution in [-0.4, -0.2) is 12.2 Å². The van der Waals surface area contributed by atoms with Crippen LogP contribution in [-0.2, 0) is 6.54 Å². The fourth-order valence-electron chi connectivity index (χ4n) is 1.44. The Balaban J connectivity index is 2.73. The van der Waals surface area contributed by atoms with Crippen LogP contribution in [0.25, 0.3) is 0 Å². The lowest BCUT2D eigenvalue weighted by Crippen LogP contribution is -2.13. The maximum atomic E-state index is 11.3. The number of fused-ring (bicyclic) bond motifs is 1. The summed E-state index contributed by atoms with van der Waals surface area (Å²) in [5, 5.41) is 2.67. The van der Waals surface area contributed by atoms with Gasteiger partial charge in [-0.1, -0.05) is 15.9 Å². The molecule has 4 heteroatoms. The van der Waals surface area contributed by atoms with E-state index in [4.69, 9.17) is 0 Å². The van der Waals surface area contributed by atoms with E-state index < -0.39 is 0 Å². The molecular formula is C9H6BrNO2. The smallest absolute Gasteiger partial charge is 0.252 e. The van der Waals surface area contributed by atoms with Gasteiger partial charge in [-0.05, 0) is 17.7 Å². The summed E-state index contributed by atoms with van der Waals surface area (Å²) in [6.45, 7) is 0.496. The Morgan fingerprint density at radius 3 is 2.92 bits per heavy atom. The SMILES string of the molecule is O=Cc1ccc(Br)c2c1C(=O)NC2. The summed E-state index contributed by atoms with van der Waals surface area (Å²) in [6, 6.07) is 3.42. The largest absolute Gasteiger partial charge is 0.348 e. The number of amides is 1. The lowest BCUT2D eigenvalue weighted by molar-refractivity contribution is 0.0960. The van der Waals surface area contributed by atoms with E-state index in [1.807, 2.05) is 0 Å². The van der Waals surface area contributed by atoms with Crippen molar-refractivity contribution in [1.82, 2.24) is 5.32 Å². The van der Waals surface area contributed by atoms with Crippen molar-refractivity contribution in [2.75, 3.05) is 0 Å². The second-order valence-corrected chi connectivity index (χ2v) is 3.65. The Hall–Kier alpha value is -1.16. The molecule has 0 atom stereocenters. The summed E-state index contributed by atoms with van der Waals surface area (Å²) in [7, 11) is 0. The lowest BCUT2D eigenvalue weighted by Gasteiger charge is -2.01. The Bertz CT molecular complexity index is 401. The quantitative estimate of drug-likeness (QED) is 0.756. The zero-order chi connectivity index (χ0) is 9.42. The van der Waals surface area contributed by atoms with Gasteiger partial charge in [0.1, 0.15) is 0 Å².